The van der Waals surface area contributed by atoms with E-state index in [2.05, 4.69) is 22.0 Å². The first-order valence-corrected chi connectivity index (χ1v) is 12.0. The standard InChI is InChI=1S/C28H21BrN2O5/c1-3-33-18-6-4-5-16(11-18)25-20-9-8-19(13-24(20)36-27(31)22(25)14-30)34-28(32)26-15(2)21-12-17(29)7-10-23(21)35-26/h4-13,25H,3,31H2,1-2H3. The van der Waals surface area contributed by atoms with E-state index < -0.39 is 11.9 Å². The van der Waals surface area contributed by atoms with E-state index in [0.29, 0.717) is 34.8 Å². The maximum atomic E-state index is 12.9. The van der Waals surface area contributed by atoms with E-state index in [4.69, 9.17) is 24.4 Å². The van der Waals surface area contributed by atoms with Crippen LogP contribution in [0.5, 0.6) is 17.2 Å². The number of furan rings is 1. The molecule has 1 atom stereocenters. The molecule has 0 bridgehead atoms. The fourth-order valence-electron chi connectivity index (χ4n) is 4.33. The molecule has 7 nitrogen and oxygen atoms in total. The lowest BCUT2D eigenvalue weighted by Gasteiger charge is -2.27. The third-order valence-electron chi connectivity index (χ3n) is 5.99. The molecule has 1 aromatic heterocycles. The number of rotatable bonds is 5. The Bertz CT molecular complexity index is 1580. The maximum Gasteiger partial charge on any atom is 0.379 e. The Labute approximate surface area is 215 Å². The van der Waals surface area contributed by atoms with E-state index in [9.17, 15) is 10.1 Å². The summed E-state index contributed by atoms with van der Waals surface area (Å²) in [5.74, 6) is 0.386. The van der Waals surface area contributed by atoms with Crippen molar-refractivity contribution >= 4 is 32.9 Å². The normalized spacial score (nSPS) is 14.7. The summed E-state index contributed by atoms with van der Waals surface area (Å²) >= 11 is 3.44. The van der Waals surface area contributed by atoms with Gasteiger partial charge in [-0.15, -0.1) is 0 Å². The molecule has 8 heteroatoms. The molecule has 1 aliphatic heterocycles. The minimum Gasteiger partial charge on any atom is -0.494 e. The number of carbonyl (C=O) groups excluding carboxylic acids is 1. The van der Waals surface area contributed by atoms with Crippen LogP contribution >= 0.6 is 15.9 Å². The summed E-state index contributed by atoms with van der Waals surface area (Å²) in [6.07, 6.45) is 0. The average Bonchev–Trinajstić information content (AvgIpc) is 3.19. The lowest BCUT2D eigenvalue weighted by atomic mass is 9.83. The van der Waals surface area contributed by atoms with Crippen molar-refractivity contribution in [1.82, 2.24) is 0 Å². The van der Waals surface area contributed by atoms with Crippen molar-refractivity contribution in [2.24, 2.45) is 5.73 Å². The van der Waals surface area contributed by atoms with Crippen molar-refractivity contribution in [3.8, 4) is 23.3 Å². The number of fused-ring (bicyclic) bond motifs is 2. The van der Waals surface area contributed by atoms with Gasteiger partial charge in [-0.05, 0) is 55.8 Å². The first-order valence-electron chi connectivity index (χ1n) is 11.2. The molecule has 0 saturated heterocycles. The number of carbonyl (C=O) groups is 1. The van der Waals surface area contributed by atoms with Gasteiger partial charge in [0.1, 0.15) is 34.5 Å². The first-order chi connectivity index (χ1) is 17.4. The molecule has 180 valence electrons. The molecule has 4 aromatic rings. The predicted octanol–water partition coefficient (Wildman–Crippen LogP) is 6.34. The van der Waals surface area contributed by atoms with Gasteiger partial charge >= 0.3 is 5.97 Å². The number of ether oxygens (including phenoxy) is 3. The Hall–Kier alpha value is -4.22. The minimum atomic E-state index is -0.627. The number of esters is 1. The van der Waals surface area contributed by atoms with Crippen molar-refractivity contribution in [2.75, 3.05) is 6.61 Å². The van der Waals surface area contributed by atoms with Gasteiger partial charge in [0.25, 0.3) is 0 Å². The first kappa shape index (κ1) is 23.5. The van der Waals surface area contributed by atoms with Gasteiger partial charge < -0.3 is 24.4 Å². The van der Waals surface area contributed by atoms with Crippen LogP contribution in [0.25, 0.3) is 11.0 Å². The zero-order valence-corrected chi connectivity index (χ0v) is 21.1. The van der Waals surface area contributed by atoms with Crippen molar-refractivity contribution in [3.63, 3.8) is 0 Å². The highest BCUT2D eigenvalue weighted by atomic mass is 79.9. The number of nitrogens with two attached hydrogens (primary N) is 1. The number of halogens is 1. The number of benzene rings is 3. The molecule has 0 saturated carbocycles. The van der Waals surface area contributed by atoms with Crippen LogP contribution in [0, 0.1) is 18.3 Å². The van der Waals surface area contributed by atoms with E-state index >= 15 is 0 Å². The smallest absolute Gasteiger partial charge is 0.379 e. The fraction of sp³-hybridized carbons (Fsp3) is 0.143. The van der Waals surface area contributed by atoms with Crippen molar-refractivity contribution < 1.29 is 23.4 Å². The van der Waals surface area contributed by atoms with Crippen LogP contribution in [0.15, 0.2) is 81.0 Å². The monoisotopic (exact) mass is 544 g/mol. The molecule has 0 aliphatic carbocycles. The summed E-state index contributed by atoms with van der Waals surface area (Å²) in [7, 11) is 0. The van der Waals surface area contributed by atoms with Gasteiger partial charge in [-0.1, -0.05) is 34.1 Å². The topological polar surface area (TPSA) is 108 Å². The molecular formula is C28H21BrN2O5. The van der Waals surface area contributed by atoms with Gasteiger partial charge in [-0.3, -0.25) is 0 Å². The van der Waals surface area contributed by atoms with Crippen LogP contribution in [-0.4, -0.2) is 12.6 Å². The number of nitriles is 1. The van der Waals surface area contributed by atoms with E-state index in [1.165, 1.54) is 0 Å². The quantitative estimate of drug-likeness (QED) is 0.230. The zero-order chi connectivity index (χ0) is 25.4. The molecule has 5 rings (SSSR count). The highest BCUT2D eigenvalue weighted by Gasteiger charge is 2.31. The van der Waals surface area contributed by atoms with Crippen LogP contribution in [0.3, 0.4) is 0 Å². The maximum absolute atomic E-state index is 12.9. The van der Waals surface area contributed by atoms with Gasteiger partial charge in [0.15, 0.2) is 0 Å². The summed E-state index contributed by atoms with van der Waals surface area (Å²) in [5, 5.41) is 10.6. The summed E-state index contributed by atoms with van der Waals surface area (Å²) in [6.45, 7) is 4.23. The summed E-state index contributed by atoms with van der Waals surface area (Å²) in [6, 6.07) is 20.2. The molecule has 1 aliphatic rings. The molecule has 2 heterocycles. The predicted molar refractivity (Wildman–Crippen MR) is 137 cm³/mol. The van der Waals surface area contributed by atoms with Crippen LogP contribution in [0.4, 0.5) is 0 Å². The van der Waals surface area contributed by atoms with Gasteiger partial charge in [-0.2, -0.15) is 5.26 Å². The molecule has 0 amide bonds. The second-order valence-corrected chi connectivity index (χ2v) is 9.13. The third kappa shape index (κ3) is 4.18. The van der Waals surface area contributed by atoms with E-state index in [1.807, 2.05) is 43.3 Å². The van der Waals surface area contributed by atoms with Crippen LogP contribution in [-0.2, 0) is 0 Å². The number of aryl methyl sites for hydroxylation is 1. The number of nitrogens with zero attached hydrogens (tertiary/aromatic N) is 1. The molecule has 36 heavy (non-hydrogen) atoms. The van der Waals surface area contributed by atoms with Crippen molar-refractivity contribution in [2.45, 2.75) is 19.8 Å². The summed E-state index contributed by atoms with van der Waals surface area (Å²) in [5.41, 5.74) is 9.25. The zero-order valence-electron chi connectivity index (χ0n) is 19.5. The molecule has 2 N–H and O–H groups in total. The van der Waals surface area contributed by atoms with Gasteiger partial charge in [-0.25, -0.2) is 4.79 Å². The molecule has 0 radical (unpaired) electrons. The lowest BCUT2D eigenvalue weighted by molar-refractivity contribution is 0.0702. The van der Waals surface area contributed by atoms with Gasteiger partial charge in [0.05, 0.1) is 12.5 Å². The second-order valence-electron chi connectivity index (χ2n) is 8.22. The van der Waals surface area contributed by atoms with Crippen molar-refractivity contribution in [3.05, 3.63) is 99.0 Å². The Morgan fingerprint density at radius 2 is 1.97 bits per heavy atom. The Morgan fingerprint density at radius 3 is 2.75 bits per heavy atom. The molecular weight excluding hydrogens is 524 g/mol. The Balaban J connectivity index is 1.48. The molecule has 0 spiro atoms. The van der Waals surface area contributed by atoms with Gasteiger partial charge in [0, 0.05) is 27.1 Å². The molecule has 1 unspecified atom stereocenters. The highest BCUT2D eigenvalue weighted by molar-refractivity contribution is 9.10. The van der Waals surface area contributed by atoms with Gasteiger partial charge in [0.2, 0.25) is 11.6 Å². The Kier molecular flexibility index (Phi) is 6.17. The van der Waals surface area contributed by atoms with Crippen LogP contribution in [0.2, 0.25) is 0 Å². The summed E-state index contributed by atoms with van der Waals surface area (Å²) in [4.78, 5) is 12.9. The van der Waals surface area contributed by atoms with E-state index in [1.54, 1.807) is 31.2 Å². The minimum absolute atomic E-state index is 0.000931. The largest absolute Gasteiger partial charge is 0.494 e. The average molecular weight is 545 g/mol. The van der Waals surface area contributed by atoms with E-state index in [0.717, 1.165) is 21.0 Å². The van der Waals surface area contributed by atoms with Crippen LogP contribution < -0.4 is 19.9 Å². The summed E-state index contributed by atoms with van der Waals surface area (Å²) < 4.78 is 23.6. The van der Waals surface area contributed by atoms with Crippen molar-refractivity contribution in [1.29, 1.82) is 5.26 Å². The van der Waals surface area contributed by atoms with Crippen LogP contribution in [0.1, 0.15) is 40.1 Å². The highest BCUT2D eigenvalue weighted by Crippen LogP contribution is 2.44. The molecule has 3 aromatic carbocycles. The Morgan fingerprint density at radius 1 is 1.14 bits per heavy atom. The number of allylic oxidation sites excluding steroid dienone is 1. The lowest BCUT2D eigenvalue weighted by Crippen LogP contribution is -2.21. The SMILES string of the molecule is CCOc1cccc(C2C(C#N)=C(N)Oc3cc(OC(=O)c4oc5ccc(Br)cc5c4C)ccc32)c1. The second kappa shape index (κ2) is 9.44. The third-order valence-corrected chi connectivity index (χ3v) is 6.48. The number of hydrogen-bond acceptors (Lipinski definition) is 7. The fourth-order valence-corrected chi connectivity index (χ4v) is 4.69. The molecule has 0 fully saturated rings. The van der Waals surface area contributed by atoms with E-state index in [-0.39, 0.29) is 17.4 Å². The number of hydrogen-bond donors (Lipinski definition) is 1.